The van der Waals surface area contributed by atoms with Gasteiger partial charge in [-0.15, -0.1) is 0 Å². The smallest absolute Gasteiger partial charge is 0.269 e. The summed E-state index contributed by atoms with van der Waals surface area (Å²) in [6, 6.07) is 12.1. The zero-order valence-corrected chi connectivity index (χ0v) is 11.9. The minimum absolute atomic E-state index is 0.0632. The van der Waals surface area contributed by atoms with Gasteiger partial charge >= 0.3 is 0 Å². The second-order valence-corrected chi connectivity index (χ2v) is 4.50. The van der Waals surface area contributed by atoms with E-state index < -0.39 is 11.7 Å². The van der Waals surface area contributed by atoms with Crippen LogP contribution in [0.25, 0.3) is 0 Å². The topological polar surface area (TPSA) is 67.4 Å². The molecule has 0 atom stereocenters. The van der Waals surface area contributed by atoms with Crippen molar-refractivity contribution in [1.29, 1.82) is 0 Å². The van der Waals surface area contributed by atoms with Gasteiger partial charge in [-0.25, -0.2) is 4.39 Å². The summed E-state index contributed by atoms with van der Waals surface area (Å²) in [4.78, 5) is 23.6. The Labute approximate surface area is 127 Å². The molecule has 0 saturated carbocycles. The van der Waals surface area contributed by atoms with Crippen molar-refractivity contribution in [2.45, 2.75) is 6.42 Å². The molecule has 0 unspecified atom stereocenters. The van der Waals surface area contributed by atoms with Gasteiger partial charge in [0.15, 0.2) is 0 Å². The Balaban J connectivity index is 1.90. The van der Waals surface area contributed by atoms with Crippen LogP contribution in [-0.4, -0.2) is 18.9 Å². The number of methoxy groups -OCH3 is 1. The number of carbonyl (C=O) groups is 2. The number of rotatable bonds is 4. The van der Waals surface area contributed by atoms with E-state index in [9.17, 15) is 14.0 Å². The normalized spacial score (nSPS) is 9.91. The molecule has 5 nitrogen and oxygen atoms in total. The number of ether oxygens (including phenoxy) is 1. The van der Waals surface area contributed by atoms with Crippen molar-refractivity contribution >= 4 is 11.8 Å². The van der Waals surface area contributed by atoms with Crippen LogP contribution in [0.15, 0.2) is 48.5 Å². The highest BCUT2D eigenvalue weighted by Gasteiger charge is 2.10. The van der Waals surface area contributed by atoms with E-state index >= 15 is 0 Å². The van der Waals surface area contributed by atoms with E-state index in [4.69, 9.17) is 4.74 Å². The molecule has 0 aliphatic carbocycles. The monoisotopic (exact) mass is 302 g/mol. The van der Waals surface area contributed by atoms with E-state index in [1.807, 2.05) is 0 Å². The third-order valence-corrected chi connectivity index (χ3v) is 2.97. The van der Waals surface area contributed by atoms with E-state index in [1.165, 1.54) is 31.4 Å². The number of amides is 2. The number of carbonyl (C=O) groups excluding carboxylic acids is 2. The molecule has 2 aromatic rings. The number of hydrogen-bond acceptors (Lipinski definition) is 3. The quantitative estimate of drug-likeness (QED) is 0.847. The van der Waals surface area contributed by atoms with Crippen LogP contribution in [0.5, 0.6) is 5.75 Å². The first-order chi connectivity index (χ1) is 10.6. The number of hydrogen-bond donors (Lipinski definition) is 2. The molecule has 0 fully saturated rings. The molecule has 114 valence electrons. The van der Waals surface area contributed by atoms with Crippen LogP contribution in [0.1, 0.15) is 15.9 Å². The molecule has 2 amide bonds. The van der Waals surface area contributed by atoms with Crippen molar-refractivity contribution in [3.8, 4) is 5.75 Å². The second kappa shape index (κ2) is 7.21. The third-order valence-electron chi connectivity index (χ3n) is 2.97. The number of hydrazine groups is 1. The minimum Gasteiger partial charge on any atom is -0.496 e. The first-order valence-corrected chi connectivity index (χ1v) is 6.57. The molecule has 6 heteroatoms. The SMILES string of the molecule is COc1ccccc1CC(=O)NNC(=O)c1ccc(F)cc1. The molecule has 0 aromatic heterocycles. The lowest BCUT2D eigenvalue weighted by Crippen LogP contribution is -2.42. The molecular weight excluding hydrogens is 287 g/mol. The summed E-state index contributed by atoms with van der Waals surface area (Å²) in [5.74, 6) is -0.743. The van der Waals surface area contributed by atoms with E-state index in [0.717, 1.165) is 0 Å². The van der Waals surface area contributed by atoms with E-state index in [2.05, 4.69) is 10.9 Å². The Morgan fingerprint density at radius 3 is 2.41 bits per heavy atom. The Hall–Kier alpha value is -2.89. The molecule has 0 heterocycles. The Morgan fingerprint density at radius 1 is 1.05 bits per heavy atom. The van der Waals surface area contributed by atoms with E-state index in [-0.39, 0.29) is 17.9 Å². The molecule has 0 spiro atoms. The fourth-order valence-corrected chi connectivity index (χ4v) is 1.87. The maximum absolute atomic E-state index is 12.8. The lowest BCUT2D eigenvalue weighted by Gasteiger charge is -2.09. The molecular formula is C16H15FN2O3. The highest BCUT2D eigenvalue weighted by Crippen LogP contribution is 2.17. The summed E-state index contributed by atoms with van der Waals surface area (Å²) in [7, 11) is 1.52. The number of nitrogens with one attached hydrogen (secondary N) is 2. The van der Waals surface area contributed by atoms with Crippen molar-refractivity contribution in [2.75, 3.05) is 7.11 Å². The van der Waals surface area contributed by atoms with Crippen LogP contribution in [0.2, 0.25) is 0 Å². The number of para-hydroxylation sites is 1. The van der Waals surface area contributed by atoms with Crippen molar-refractivity contribution in [3.05, 3.63) is 65.5 Å². The zero-order chi connectivity index (χ0) is 15.9. The summed E-state index contributed by atoms with van der Waals surface area (Å²) in [5.41, 5.74) is 5.54. The van der Waals surface area contributed by atoms with Gasteiger partial charge in [0.05, 0.1) is 13.5 Å². The molecule has 0 bridgehead atoms. The first-order valence-electron chi connectivity index (χ1n) is 6.57. The van der Waals surface area contributed by atoms with Gasteiger partial charge in [-0.1, -0.05) is 18.2 Å². The van der Waals surface area contributed by atoms with Crippen molar-refractivity contribution < 1.29 is 18.7 Å². The Bertz CT molecular complexity index is 671. The maximum Gasteiger partial charge on any atom is 0.269 e. The van der Waals surface area contributed by atoms with Gasteiger partial charge in [0, 0.05) is 11.1 Å². The standard InChI is InChI=1S/C16H15FN2O3/c1-22-14-5-3-2-4-12(14)10-15(20)18-19-16(21)11-6-8-13(17)9-7-11/h2-9H,10H2,1H3,(H,18,20)(H,19,21). The fraction of sp³-hybridized carbons (Fsp3) is 0.125. The van der Waals surface area contributed by atoms with E-state index in [0.29, 0.717) is 11.3 Å². The van der Waals surface area contributed by atoms with Gasteiger partial charge in [0.1, 0.15) is 11.6 Å². The molecule has 2 N–H and O–H groups in total. The maximum atomic E-state index is 12.8. The van der Waals surface area contributed by atoms with Gasteiger partial charge < -0.3 is 4.74 Å². The van der Waals surface area contributed by atoms with Crippen molar-refractivity contribution in [2.24, 2.45) is 0 Å². The fourth-order valence-electron chi connectivity index (χ4n) is 1.87. The Morgan fingerprint density at radius 2 is 1.73 bits per heavy atom. The Kier molecular flexibility index (Phi) is 5.08. The largest absolute Gasteiger partial charge is 0.496 e. The molecule has 2 aromatic carbocycles. The molecule has 0 aliphatic heterocycles. The molecule has 0 radical (unpaired) electrons. The number of halogens is 1. The van der Waals surface area contributed by atoms with Crippen LogP contribution in [0, 0.1) is 5.82 Å². The van der Waals surface area contributed by atoms with Crippen LogP contribution in [0.3, 0.4) is 0 Å². The highest BCUT2D eigenvalue weighted by atomic mass is 19.1. The van der Waals surface area contributed by atoms with E-state index in [1.54, 1.807) is 24.3 Å². The third kappa shape index (κ3) is 4.05. The summed E-state index contributed by atoms with van der Waals surface area (Å²) >= 11 is 0. The lowest BCUT2D eigenvalue weighted by molar-refractivity contribution is -0.121. The van der Waals surface area contributed by atoms with Crippen molar-refractivity contribution in [3.63, 3.8) is 0 Å². The second-order valence-electron chi connectivity index (χ2n) is 4.50. The lowest BCUT2D eigenvalue weighted by atomic mass is 10.1. The molecule has 2 rings (SSSR count). The van der Waals surface area contributed by atoms with Crippen LogP contribution < -0.4 is 15.6 Å². The van der Waals surface area contributed by atoms with Crippen LogP contribution in [-0.2, 0) is 11.2 Å². The summed E-state index contributed by atoms with van der Waals surface area (Å²) < 4.78 is 17.9. The van der Waals surface area contributed by atoms with Gasteiger partial charge in [0.25, 0.3) is 5.91 Å². The average molecular weight is 302 g/mol. The first kappa shape index (κ1) is 15.5. The summed E-state index contributed by atoms with van der Waals surface area (Å²) in [5, 5.41) is 0. The summed E-state index contributed by atoms with van der Waals surface area (Å²) in [6.07, 6.45) is 0.0632. The van der Waals surface area contributed by atoms with Gasteiger partial charge in [0.2, 0.25) is 5.91 Å². The number of benzene rings is 2. The zero-order valence-electron chi connectivity index (χ0n) is 11.9. The van der Waals surface area contributed by atoms with Gasteiger partial charge in [-0.3, -0.25) is 20.4 Å². The minimum atomic E-state index is -0.520. The highest BCUT2D eigenvalue weighted by molar-refractivity contribution is 5.95. The molecule has 0 saturated heterocycles. The predicted molar refractivity (Wildman–Crippen MR) is 78.7 cm³/mol. The predicted octanol–water partition coefficient (Wildman–Crippen LogP) is 1.84. The molecule has 22 heavy (non-hydrogen) atoms. The van der Waals surface area contributed by atoms with Crippen LogP contribution >= 0.6 is 0 Å². The van der Waals surface area contributed by atoms with Gasteiger partial charge in [-0.05, 0) is 30.3 Å². The summed E-state index contributed by atoms with van der Waals surface area (Å²) in [6.45, 7) is 0. The van der Waals surface area contributed by atoms with Gasteiger partial charge in [-0.2, -0.15) is 0 Å². The van der Waals surface area contributed by atoms with Crippen molar-refractivity contribution in [1.82, 2.24) is 10.9 Å². The van der Waals surface area contributed by atoms with Crippen LogP contribution in [0.4, 0.5) is 4.39 Å². The average Bonchev–Trinajstić information content (AvgIpc) is 2.54. The molecule has 0 aliphatic rings.